The number of carboxylic acids is 1. The Morgan fingerprint density at radius 2 is 2.11 bits per heavy atom. The summed E-state index contributed by atoms with van der Waals surface area (Å²) in [5.41, 5.74) is 5.28. The number of carboxylic acid groups (broad SMARTS) is 1. The lowest BCUT2D eigenvalue weighted by atomic mass is 10.0. The molecule has 1 amide bonds. The number of carbonyl (C=O) groups is 2. The topological polar surface area (TPSA) is 105 Å². The third-order valence-corrected chi connectivity index (χ3v) is 2.53. The van der Waals surface area contributed by atoms with Gasteiger partial charge in [-0.15, -0.1) is 0 Å². The molecule has 1 rings (SSSR count). The Kier molecular flexibility index (Phi) is 4.65. The summed E-state index contributed by atoms with van der Waals surface area (Å²) in [5.74, 6) is -0.920. The molecule has 0 saturated heterocycles. The second kappa shape index (κ2) is 6.00. The van der Waals surface area contributed by atoms with E-state index in [0.29, 0.717) is 5.82 Å². The molecule has 4 N–H and O–H groups in total. The number of rotatable bonds is 6. The number of carbonyl (C=O) groups excluding carboxylic acids is 1. The van der Waals surface area contributed by atoms with E-state index in [1.807, 2.05) is 13.8 Å². The van der Waals surface area contributed by atoms with Gasteiger partial charge in [-0.25, -0.2) is 4.98 Å². The molecule has 0 fully saturated rings. The van der Waals surface area contributed by atoms with Crippen LogP contribution in [0.5, 0.6) is 0 Å². The number of amides is 1. The minimum absolute atomic E-state index is 0.0137. The van der Waals surface area contributed by atoms with Gasteiger partial charge in [0.25, 0.3) is 5.91 Å². The van der Waals surface area contributed by atoms with E-state index < -0.39 is 11.9 Å². The number of nitrogens with zero attached hydrogens (tertiary/aromatic N) is 1. The molecule has 0 bridgehead atoms. The number of pyridine rings is 1. The predicted molar refractivity (Wildman–Crippen MR) is 67.3 cm³/mol. The van der Waals surface area contributed by atoms with E-state index in [9.17, 15) is 9.59 Å². The second-order valence-electron chi connectivity index (χ2n) is 4.37. The van der Waals surface area contributed by atoms with Crippen LogP contribution in [0.3, 0.4) is 0 Å². The molecule has 6 heteroatoms. The fourth-order valence-corrected chi connectivity index (χ4v) is 1.48. The van der Waals surface area contributed by atoms with E-state index >= 15 is 0 Å². The Labute approximate surface area is 105 Å². The molecule has 1 unspecified atom stereocenters. The first kappa shape index (κ1) is 14.0. The van der Waals surface area contributed by atoms with E-state index in [1.165, 1.54) is 6.07 Å². The standard InChI is InChI=1S/C12H17N3O3/c1-7(2)9(6-11(16)17)15-10-5-3-4-8(14-10)12(13)18/h3-5,7,9H,6H2,1-2H3,(H2,13,18)(H,14,15)(H,16,17). The fraction of sp³-hybridized carbons (Fsp3) is 0.417. The number of anilines is 1. The summed E-state index contributed by atoms with van der Waals surface area (Å²) in [7, 11) is 0. The molecule has 0 aliphatic rings. The molecule has 98 valence electrons. The minimum Gasteiger partial charge on any atom is -0.481 e. The lowest BCUT2D eigenvalue weighted by Crippen LogP contribution is -2.29. The number of hydrogen-bond donors (Lipinski definition) is 3. The van der Waals surface area contributed by atoms with Gasteiger partial charge < -0.3 is 16.2 Å². The number of nitrogens with two attached hydrogens (primary N) is 1. The Morgan fingerprint density at radius 3 is 2.61 bits per heavy atom. The smallest absolute Gasteiger partial charge is 0.305 e. The van der Waals surface area contributed by atoms with Crippen molar-refractivity contribution in [3.63, 3.8) is 0 Å². The van der Waals surface area contributed by atoms with Crippen molar-refractivity contribution in [1.29, 1.82) is 0 Å². The first-order valence-corrected chi connectivity index (χ1v) is 5.65. The highest BCUT2D eigenvalue weighted by Gasteiger charge is 2.17. The van der Waals surface area contributed by atoms with Gasteiger partial charge in [-0.05, 0) is 18.1 Å². The average molecular weight is 251 g/mol. The van der Waals surface area contributed by atoms with Gasteiger partial charge in [0.05, 0.1) is 6.42 Å². The summed E-state index contributed by atoms with van der Waals surface area (Å²) < 4.78 is 0. The molecule has 1 aromatic heterocycles. The summed E-state index contributed by atoms with van der Waals surface area (Å²) in [6, 6.07) is 4.57. The van der Waals surface area contributed by atoms with Gasteiger partial charge in [-0.2, -0.15) is 0 Å². The van der Waals surface area contributed by atoms with Gasteiger partial charge in [0.2, 0.25) is 0 Å². The number of hydrogen-bond acceptors (Lipinski definition) is 4. The van der Waals surface area contributed by atoms with Crippen LogP contribution in [0.25, 0.3) is 0 Å². The highest BCUT2D eigenvalue weighted by atomic mass is 16.4. The van der Waals surface area contributed by atoms with Crippen LogP contribution in [-0.2, 0) is 4.79 Å². The lowest BCUT2D eigenvalue weighted by Gasteiger charge is -2.21. The molecule has 0 spiro atoms. The van der Waals surface area contributed by atoms with Crippen molar-refractivity contribution in [2.75, 3.05) is 5.32 Å². The van der Waals surface area contributed by atoms with Gasteiger partial charge in [0, 0.05) is 6.04 Å². The van der Waals surface area contributed by atoms with Gasteiger partial charge >= 0.3 is 5.97 Å². The predicted octanol–water partition coefficient (Wildman–Crippen LogP) is 1.09. The molecule has 0 radical (unpaired) electrons. The summed E-state index contributed by atoms with van der Waals surface area (Å²) in [6.07, 6.45) is -0.0137. The average Bonchev–Trinajstić information content (AvgIpc) is 2.27. The largest absolute Gasteiger partial charge is 0.481 e. The number of nitrogens with one attached hydrogen (secondary N) is 1. The van der Waals surface area contributed by atoms with E-state index in [0.717, 1.165) is 0 Å². The van der Waals surface area contributed by atoms with E-state index in [4.69, 9.17) is 10.8 Å². The van der Waals surface area contributed by atoms with E-state index in [1.54, 1.807) is 12.1 Å². The molecule has 1 heterocycles. The van der Waals surface area contributed by atoms with E-state index in [-0.39, 0.29) is 24.1 Å². The van der Waals surface area contributed by atoms with Crippen LogP contribution in [0.4, 0.5) is 5.82 Å². The van der Waals surface area contributed by atoms with Crippen LogP contribution in [0.1, 0.15) is 30.8 Å². The maximum Gasteiger partial charge on any atom is 0.305 e. The zero-order valence-electron chi connectivity index (χ0n) is 10.4. The van der Waals surface area contributed by atoms with Crippen molar-refractivity contribution >= 4 is 17.7 Å². The third-order valence-electron chi connectivity index (χ3n) is 2.53. The van der Waals surface area contributed by atoms with Crippen molar-refractivity contribution in [3.8, 4) is 0 Å². The zero-order chi connectivity index (χ0) is 13.7. The summed E-state index contributed by atoms with van der Waals surface area (Å²) in [5, 5.41) is 11.8. The Hall–Kier alpha value is -2.11. The molecule has 0 aliphatic carbocycles. The molecular weight excluding hydrogens is 234 g/mol. The normalized spacial score (nSPS) is 12.2. The van der Waals surface area contributed by atoms with E-state index in [2.05, 4.69) is 10.3 Å². The molecule has 0 aliphatic heterocycles. The van der Waals surface area contributed by atoms with Crippen molar-refractivity contribution in [3.05, 3.63) is 23.9 Å². The van der Waals surface area contributed by atoms with Gasteiger partial charge in [-0.3, -0.25) is 9.59 Å². The minimum atomic E-state index is -0.882. The van der Waals surface area contributed by atoms with Crippen molar-refractivity contribution in [1.82, 2.24) is 4.98 Å². The first-order valence-electron chi connectivity index (χ1n) is 5.65. The third kappa shape index (κ3) is 4.04. The maximum atomic E-state index is 11.0. The van der Waals surface area contributed by atoms with Gasteiger partial charge in [0.15, 0.2) is 0 Å². The number of aromatic nitrogens is 1. The highest BCUT2D eigenvalue weighted by molar-refractivity contribution is 5.91. The van der Waals surface area contributed by atoms with Crippen LogP contribution in [0.15, 0.2) is 18.2 Å². The van der Waals surface area contributed by atoms with Crippen molar-refractivity contribution in [2.24, 2.45) is 11.7 Å². The van der Waals surface area contributed by atoms with Crippen LogP contribution in [0, 0.1) is 5.92 Å². The summed E-state index contributed by atoms with van der Waals surface area (Å²) in [6.45, 7) is 3.83. The summed E-state index contributed by atoms with van der Waals surface area (Å²) >= 11 is 0. The summed E-state index contributed by atoms with van der Waals surface area (Å²) in [4.78, 5) is 25.8. The molecule has 18 heavy (non-hydrogen) atoms. The van der Waals surface area contributed by atoms with Crippen LogP contribution in [0.2, 0.25) is 0 Å². The fourth-order valence-electron chi connectivity index (χ4n) is 1.48. The van der Waals surface area contributed by atoms with Gasteiger partial charge in [0.1, 0.15) is 11.5 Å². The second-order valence-corrected chi connectivity index (χ2v) is 4.37. The molecule has 1 atom stereocenters. The Balaban J connectivity index is 2.83. The highest BCUT2D eigenvalue weighted by Crippen LogP contribution is 2.14. The molecular formula is C12H17N3O3. The lowest BCUT2D eigenvalue weighted by molar-refractivity contribution is -0.137. The Morgan fingerprint density at radius 1 is 1.44 bits per heavy atom. The SMILES string of the molecule is CC(C)C(CC(=O)O)Nc1cccc(C(N)=O)n1. The monoisotopic (exact) mass is 251 g/mol. The Bertz CT molecular complexity index is 446. The number of primary amides is 1. The molecule has 6 nitrogen and oxygen atoms in total. The zero-order valence-corrected chi connectivity index (χ0v) is 10.4. The van der Waals surface area contributed by atoms with Crippen LogP contribution >= 0.6 is 0 Å². The molecule has 0 saturated carbocycles. The van der Waals surface area contributed by atoms with Crippen molar-refractivity contribution in [2.45, 2.75) is 26.3 Å². The first-order chi connectivity index (χ1) is 8.40. The molecule has 0 aromatic carbocycles. The van der Waals surface area contributed by atoms with Crippen LogP contribution < -0.4 is 11.1 Å². The van der Waals surface area contributed by atoms with Crippen molar-refractivity contribution < 1.29 is 14.7 Å². The van der Waals surface area contributed by atoms with Crippen LogP contribution in [-0.4, -0.2) is 28.0 Å². The van der Waals surface area contributed by atoms with Gasteiger partial charge in [-0.1, -0.05) is 19.9 Å². The number of aliphatic carboxylic acids is 1. The maximum absolute atomic E-state index is 11.0. The molecule has 1 aromatic rings. The quantitative estimate of drug-likeness (QED) is 0.701.